The van der Waals surface area contributed by atoms with E-state index in [1.807, 2.05) is 0 Å². The van der Waals surface area contributed by atoms with E-state index in [2.05, 4.69) is 15.7 Å². The third-order valence-electron chi connectivity index (χ3n) is 2.60. The Morgan fingerprint density at radius 2 is 2.10 bits per heavy atom. The van der Waals surface area contributed by atoms with Crippen molar-refractivity contribution >= 4 is 34.7 Å². The van der Waals surface area contributed by atoms with E-state index in [1.54, 1.807) is 6.07 Å². The fourth-order valence-electron chi connectivity index (χ4n) is 1.67. The van der Waals surface area contributed by atoms with Crippen LogP contribution in [0.2, 0.25) is 5.02 Å². The first-order valence-corrected chi connectivity index (χ1v) is 6.07. The molecule has 0 saturated carbocycles. The van der Waals surface area contributed by atoms with Crippen LogP contribution in [0.1, 0.15) is 10.4 Å². The number of hydrogen-bond acceptors (Lipinski definition) is 6. The van der Waals surface area contributed by atoms with Gasteiger partial charge < -0.3 is 10.7 Å². The van der Waals surface area contributed by atoms with Crippen molar-refractivity contribution in [3.05, 3.63) is 57.2 Å². The average Bonchev–Trinajstić information content (AvgIpc) is 2.48. The molecule has 2 aromatic rings. The number of hydrazine groups is 1. The van der Waals surface area contributed by atoms with Gasteiger partial charge in [0.15, 0.2) is 0 Å². The van der Waals surface area contributed by atoms with Gasteiger partial charge in [-0.15, -0.1) is 0 Å². The topological polar surface area (TPSA) is 123 Å². The molecule has 0 aliphatic carbocycles. The number of amides is 1. The van der Waals surface area contributed by atoms with Gasteiger partial charge in [0.2, 0.25) is 0 Å². The van der Waals surface area contributed by atoms with Crippen LogP contribution in [-0.4, -0.2) is 15.8 Å². The molecule has 1 heterocycles. The molecule has 0 aliphatic rings. The molecule has 0 spiro atoms. The minimum atomic E-state index is -0.632. The van der Waals surface area contributed by atoms with Crippen LogP contribution in [0, 0.1) is 10.1 Å². The van der Waals surface area contributed by atoms with Crippen LogP contribution < -0.4 is 16.6 Å². The smallest absolute Gasteiger partial charge is 0.294 e. The number of para-hydroxylation sites is 1. The van der Waals surface area contributed by atoms with E-state index < -0.39 is 10.8 Å². The SMILES string of the molecule is NNc1c(C(=O)Nc2ccc(Cl)cn2)cccc1[N+](=O)[O-]. The number of nitro groups is 1. The second-order valence-electron chi connectivity index (χ2n) is 3.92. The maximum absolute atomic E-state index is 12.2. The number of nitrogen functional groups attached to an aromatic ring is 1. The normalized spacial score (nSPS) is 10.0. The number of nitrogens with one attached hydrogen (secondary N) is 2. The summed E-state index contributed by atoms with van der Waals surface area (Å²) in [6.45, 7) is 0. The molecule has 0 atom stereocenters. The molecular formula is C12H10ClN5O3. The molecule has 0 aliphatic heterocycles. The maximum atomic E-state index is 12.2. The molecule has 0 bridgehead atoms. The Morgan fingerprint density at radius 3 is 2.67 bits per heavy atom. The standard InChI is InChI=1S/C12H10ClN5O3/c13-7-4-5-10(15-6-7)16-12(19)8-2-1-3-9(18(20)21)11(8)17-14/h1-6,17H,14H2,(H,15,16,19). The van der Waals surface area contributed by atoms with Crippen LogP contribution in [0.5, 0.6) is 0 Å². The van der Waals surface area contributed by atoms with Gasteiger partial charge in [-0.1, -0.05) is 17.7 Å². The fourth-order valence-corrected chi connectivity index (χ4v) is 1.78. The van der Waals surface area contributed by atoms with Crippen molar-refractivity contribution in [2.45, 2.75) is 0 Å². The molecule has 1 amide bonds. The van der Waals surface area contributed by atoms with Gasteiger partial charge in [0.25, 0.3) is 11.6 Å². The number of hydrogen-bond donors (Lipinski definition) is 3. The highest BCUT2D eigenvalue weighted by molar-refractivity contribution is 6.30. The Hall–Kier alpha value is -2.71. The molecule has 0 radical (unpaired) electrons. The summed E-state index contributed by atoms with van der Waals surface area (Å²) in [5, 5.41) is 13.8. The van der Waals surface area contributed by atoms with Crippen molar-refractivity contribution in [3.63, 3.8) is 0 Å². The van der Waals surface area contributed by atoms with Gasteiger partial charge >= 0.3 is 0 Å². The molecule has 108 valence electrons. The molecule has 4 N–H and O–H groups in total. The number of carbonyl (C=O) groups excluding carboxylic acids is 1. The molecule has 0 saturated heterocycles. The predicted octanol–water partition coefficient (Wildman–Crippen LogP) is 2.18. The van der Waals surface area contributed by atoms with Crippen LogP contribution in [-0.2, 0) is 0 Å². The van der Waals surface area contributed by atoms with Gasteiger partial charge in [-0.25, -0.2) is 4.98 Å². The first-order chi connectivity index (χ1) is 10.0. The van der Waals surface area contributed by atoms with E-state index in [0.29, 0.717) is 5.02 Å². The summed E-state index contributed by atoms with van der Waals surface area (Å²) in [6, 6.07) is 7.11. The zero-order valence-corrected chi connectivity index (χ0v) is 11.3. The highest BCUT2D eigenvalue weighted by atomic mass is 35.5. The van der Waals surface area contributed by atoms with E-state index in [-0.39, 0.29) is 22.8 Å². The van der Waals surface area contributed by atoms with E-state index >= 15 is 0 Å². The van der Waals surface area contributed by atoms with Crippen LogP contribution in [0.25, 0.3) is 0 Å². The van der Waals surface area contributed by atoms with Gasteiger partial charge in [0, 0.05) is 12.3 Å². The second-order valence-corrected chi connectivity index (χ2v) is 4.35. The first-order valence-electron chi connectivity index (χ1n) is 5.70. The quantitative estimate of drug-likeness (QED) is 0.452. The summed E-state index contributed by atoms with van der Waals surface area (Å²) >= 11 is 5.69. The van der Waals surface area contributed by atoms with E-state index in [4.69, 9.17) is 17.4 Å². The van der Waals surface area contributed by atoms with Crippen LogP contribution >= 0.6 is 11.6 Å². The van der Waals surface area contributed by atoms with Crippen LogP contribution in [0.4, 0.5) is 17.2 Å². The van der Waals surface area contributed by atoms with Crippen molar-refractivity contribution in [3.8, 4) is 0 Å². The summed E-state index contributed by atoms with van der Waals surface area (Å²) < 4.78 is 0. The molecule has 8 nitrogen and oxygen atoms in total. The lowest BCUT2D eigenvalue weighted by molar-refractivity contribution is -0.384. The largest absolute Gasteiger partial charge is 0.318 e. The molecule has 0 unspecified atom stereocenters. The highest BCUT2D eigenvalue weighted by Gasteiger charge is 2.21. The Morgan fingerprint density at radius 1 is 1.33 bits per heavy atom. The third-order valence-corrected chi connectivity index (χ3v) is 2.82. The van der Waals surface area contributed by atoms with Crippen LogP contribution in [0.15, 0.2) is 36.5 Å². The average molecular weight is 308 g/mol. The minimum absolute atomic E-state index is 0.0310. The zero-order valence-electron chi connectivity index (χ0n) is 10.5. The molecular weight excluding hydrogens is 298 g/mol. The van der Waals surface area contributed by atoms with E-state index in [0.717, 1.165) is 0 Å². The first kappa shape index (κ1) is 14.7. The Labute approximate surface area is 124 Å². The van der Waals surface area contributed by atoms with Gasteiger partial charge in [-0.3, -0.25) is 20.8 Å². The fraction of sp³-hybridized carbons (Fsp3) is 0. The molecule has 21 heavy (non-hydrogen) atoms. The van der Waals surface area contributed by atoms with Gasteiger partial charge in [0.05, 0.1) is 15.5 Å². The monoisotopic (exact) mass is 307 g/mol. The number of carbonyl (C=O) groups is 1. The van der Waals surface area contributed by atoms with Gasteiger partial charge in [-0.05, 0) is 18.2 Å². The lowest BCUT2D eigenvalue weighted by Gasteiger charge is -2.09. The third kappa shape index (κ3) is 3.25. The zero-order chi connectivity index (χ0) is 15.4. The molecule has 9 heteroatoms. The number of nitro benzene ring substituents is 1. The summed E-state index contributed by atoms with van der Waals surface area (Å²) in [4.78, 5) is 26.3. The Balaban J connectivity index is 2.33. The summed E-state index contributed by atoms with van der Waals surface area (Å²) in [7, 11) is 0. The Kier molecular flexibility index (Phi) is 4.31. The number of aromatic nitrogens is 1. The maximum Gasteiger partial charge on any atom is 0.294 e. The number of nitrogens with zero attached hydrogens (tertiary/aromatic N) is 2. The number of rotatable bonds is 4. The van der Waals surface area contributed by atoms with Crippen molar-refractivity contribution in [1.29, 1.82) is 0 Å². The minimum Gasteiger partial charge on any atom is -0.318 e. The lowest BCUT2D eigenvalue weighted by atomic mass is 10.1. The highest BCUT2D eigenvalue weighted by Crippen LogP contribution is 2.27. The number of benzene rings is 1. The van der Waals surface area contributed by atoms with Gasteiger partial charge in [-0.2, -0.15) is 0 Å². The van der Waals surface area contributed by atoms with Crippen molar-refractivity contribution in [2.75, 3.05) is 10.7 Å². The summed E-state index contributed by atoms with van der Waals surface area (Å²) in [6.07, 6.45) is 1.37. The second kappa shape index (κ2) is 6.16. The Bertz CT molecular complexity index is 690. The summed E-state index contributed by atoms with van der Waals surface area (Å²) in [5.74, 6) is 4.95. The van der Waals surface area contributed by atoms with E-state index in [1.165, 1.54) is 30.5 Å². The predicted molar refractivity (Wildman–Crippen MR) is 78.1 cm³/mol. The van der Waals surface area contributed by atoms with Crippen molar-refractivity contribution in [1.82, 2.24) is 4.98 Å². The number of halogens is 1. The number of nitrogens with two attached hydrogens (primary N) is 1. The number of anilines is 2. The summed E-state index contributed by atoms with van der Waals surface area (Å²) in [5.41, 5.74) is 1.84. The van der Waals surface area contributed by atoms with E-state index in [9.17, 15) is 14.9 Å². The number of pyridine rings is 1. The van der Waals surface area contributed by atoms with Gasteiger partial charge in [0.1, 0.15) is 11.5 Å². The van der Waals surface area contributed by atoms with Crippen molar-refractivity contribution < 1.29 is 9.72 Å². The van der Waals surface area contributed by atoms with Crippen molar-refractivity contribution in [2.24, 2.45) is 5.84 Å². The molecule has 1 aromatic carbocycles. The molecule has 1 aromatic heterocycles. The molecule has 2 rings (SSSR count). The van der Waals surface area contributed by atoms with Crippen LogP contribution in [0.3, 0.4) is 0 Å². The molecule has 0 fully saturated rings. The lowest BCUT2D eigenvalue weighted by Crippen LogP contribution is -2.18.